The van der Waals surface area contributed by atoms with Crippen LogP contribution in [0.25, 0.3) is 0 Å². The standard InChI is InChI=1S/C22H23N3O4/c26-21(24-10-14-3-4-16-11-23-12-17(16)8-14)18-2-1-7-25(18)22(27)15-5-6-19-20(9-15)29-13-28-19/h3-6,8-9,18,23H,1-2,7,10-13H2,(H,24,26). The fraction of sp³-hybridized carbons (Fsp3) is 0.364. The van der Waals surface area contributed by atoms with Crippen LogP contribution in [0, 0.1) is 0 Å². The molecule has 2 aromatic carbocycles. The largest absolute Gasteiger partial charge is 0.454 e. The third kappa shape index (κ3) is 3.42. The van der Waals surface area contributed by atoms with Gasteiger partial charge in [-0.3, -0.25) is 9.59 Å². The van der Waals surface area contributed by atoms with Crippen LogP contribution in [-0.4, -0.2) is 36.1 Å². The molecule has 0 saturated carbocycles. The second kappa shape index (κ2) is 7.40. The minimum absolute atomic E-state index is 0.102. The minimum atomic E-state index is -0.441. The molecule has 3 aliphatic rings. The van der Waals surface area contributed by atoms with Gasteiger partial charge in [-0.1, -0.05) is 18.2 Å². The summed E-state index contributed by atoms with van der Waals surface area (Å²) in [7, 11) is 0. The molecule has 2 N–H and O–H groups in total. The van der Waals surface area contributed by atoms with E-state index < -0.39 is 6.04 Å². The predicted octanol–water partition coefficient (Wildman–Crippen LogP) is 1.94. The van der Waals surface area contributed by atoms with Gasteiger partial charge in [0, 0.05) is 31.7 Å². The highest BCUT2D eigenvalue weighted by molar-refractivity contribution is 5.98. The van der Waals surface area contributed by atoms with E-state index in [-0.39, 0.29) is 18.6 Å². The highest BCUT2D eigenvalue weighted by Gasteiger charge is 2.35. The quantitative estimate of drug-likeness (QED) is 0.830. The molecule has 7 heteroatoms. The smallest absolute Gasteiger partial charge is 0.254 e. The first-order valence-electron chi connectivity index (χ1n) is 9.99. The summed E-state index contributed by atoms with van der Waals surface area (Å²) in [4.78, 5) is 27.5. The van der Waals surface area contributed by atoms with Gasteiger partial charge in [-0.2, -0.15) is 0 Å². The summed E-state index contributed by atoms with van der Waals surface area (Å²) in [6.07, 6.45) is 1.50. The lowest BCUT2D eigenvalue weighted by molar-refractivity contribution is -0.125. The van der Waals surface area contributed by atoms with E-state index in [0.29, 0.717) is 36.6 Å². The summed E-state index contributed by atoms with van der Waals surface area (Å²) in [6, 6.07) is 11.0. The summed E-state index contributed by atoms with van der Waals surface area (Å²) < 4.78 is 10.7. The number of nitrogens with zero attached hydrogens (tertiary/aromatic N) is 1. The fourth-order valence-corrected chi connectivity index (χ4v) is 4.24. The molecule has 0 spiro atoms. The Labute approximate surface area is 169 Å². The molecule has 3 heterocycles. The minimum Gasteiger partial charge on any atom is -0.454 e. The molecule has 150 valence electrons. The summed E-state index contributed by atoms with van der Waals surface area (Å²) in [6.45, 7) is 2.99. The zero-order valence-electron chi connectivity index (χ0n) is 16.1. The number of hydrogen-bond acceptors (Lipinski definition) is 5. The maximum absolute atomic E-state index is 13.0. The first-order chi connectivity index (χ1) is 14.2. The van der Waals surface area contributed by atoms with Crippen LogP contribution in [0.15, 0.2) is 36.4 Å². The van der Waals surface area contributed by atoms with Crippen molar-refractivity contribution in [1.29, 1.82) is 0 Å². The monoisotopic (exact) mass is 393 g/mol. The summed E-state index contributed by atoms with van der Waals surface area (Å²) in [5.41, 5.74) is 4.20. The van der Waals surface area contributed by atoms with Gasteiger partial charge in [0.25, 0.3) is 5.91 Å². The number of benzene rings is 2. The second-order valence-corrected chi connectivity index (χ2v) is 7.65. The van der Waals surface area contributed by atoms with Gasteiger partial charge in [0.05, 0.1) is 0 Å². The van der Waals surface area contributed by atoms with E-state index in [4.69, 9.17) is 9.47 Å². The summed E-state index contributed by atoms with van der Waals surface area (Å²) in [5, 5.41) is 6.34. The van der Waals surface area contributed by atoms with Gasteiger partial charge in [0.15, 0.2) is 11.5 Å². The Bertz CT molecular complexity index is 975. The molecule has 1 atom stereocenters. The Morgan fingerprint density at radius 1 is 1.07 bits per heavy atom. The number of likely N-dealkylation sites (tertiary alicyclic amines) is 1. The number of nitrogens with one attached hydrogen (secondary N) is 2. The van der Waals surface area contributed by atoms with Crippen molar-refractivity contribution in [2.24, 2.45) is 0 Å². The van der Waals surface area contributed by atoms with Crippen molar-refractivity contribution < 1.29 is 19.1 Å². The van der Waals surface area contributed by atoms with Crippen LogP contribution in [0.5, 0.6) is 11.5 Å². The van der Waals surface area contributed by atoms with E-state index in [2.05, 4.69) is 28.8 Å². The van der Waals surface area contributed by atoms with Gasteiger partial charge in [0.1, 0.15) is 6.04 Å². The Morgan fingerprint density at radius 3 is 2.86 bits per heavy atom. The maximum atomic E-state index is 13.0. The number of amides is 2. The molecular weight excluding hydrogens is 370 g/mol. The van der Waals surface area contributed by atoms with Crippen LogP contribution in [0.2, 0.25) is 0 Å². The molecule has 2 aromatic rings. The molecule has 5 rings (SSSR count). The van der Waals surface area contributed by atoms with Crippen molar-refractivity contribution in [3.05, 3.63) is 58.7 Å². The van der Waals surface area contributed by atoms with Crippen molar-refractivity contribution >= 4 is 11.8 Å². The third-order valence-corrected chi connectivity index (χ3v) is 5.80. The molecule has 7 nitrogen and oxygen atoms in total. The Balaban J connectivity index is 1.25. The SMILES string of the molecule is O=C(NCc1ccc2c(c1)CNC2)C1CCCN1C(=O)c1ccc2c(c1)OCO2. The lowest BCUT2D eigenvalue weighted by Crippen LogP contribution is -2.45. The normalized spacial score (nSPS) is 19.3. The van der Waals surface area contributed by atoms with Crippen molar-refractivity contribution in [3.8, 4) is 11.5 Å². The van der Waals surface area contributed by atoms with Crippen molar-refractivity contribution in [3.63, 3.8) is 0 Å². The number of carbonyl (C=O) groups is 2. The van der Waals surface area contributed by atoms with Gasteiger partial charge >= 0.3 is 0 Å². The van der Waals surface area contributed by atoms with Crippen LogP contribution in [-0.2, 0) is 24.4 Å². The first-order valence-corrected chi connectivity index (χ1v) is 9.99. The molecule has 0 aromatic heterocycles. The molecule has 1 saturated heterocycles. The maximum Gasteiger partial charge on any atom is 0.254 e. The van der Waals surface area contributed by atoms with Crippen LogP contribution in [0.4, 0.5) is 0 Å². The molecule has 2 amide bonds. The van der Waals surface area contributed by atoms with E-state index in [0.717, 1.165) is 25.1 Å². The van der Waals surface area contributed by atoms with E-state index in [9.17, 15) is 9.59 Å². The molecule has 1 unspecified atom stereocenters. The highest BCUT2D eigenvalue weighted by atomic mass is 16.7. The highest BCUT2D eigenvalue weighted by Crippen LogP contribution is 2.33. The van der Waals surface area contributed by atoms with Gasteiger partial charge in [-0.25, -0.2) is 0 Å². The topological polar surface area (TPSA) is 79.9 Å². The molecule has 1 fully saturated rings. The van der Waals surface area contributed by atoms with Crippen LogP contribution in [0.3, 0.4) is 0 Å². The van der Waals surface area contributed by atoms with Crippen molar-refractivity contribution in [1.82, 2.24) is 15.5 Å². The van der Waals surface area contributed by atoms with Gasteiger partial charge in [-0.05, 0) is 47.7 Å². The Morgan fingerprint density at radius 2 is 1.93 bits per heavy atom. The number of rotatable bonds is 4. The average Bonchev–Trinajstić information content (AvgIpc) is 3.50. The first kappa shape index (κ1) is 18.0. The summed E-state index contributed by atoms with van der Waals surface area (Å²) in [5.74, 6) is 0.962. The molecule has 3 aliphatic heterocycles. The molecular formula is C22H23N3O4. The third-order valence-electron chi connectivity index (χ3n) is 5.80. The van der Waals surface area contributed by atoms with Crippen LogP contribution < -0.4 is 20.1 Å². The number of fused-ring (bicyclic) bond motifs is 2. The van der Waals surface area contributed by atoms with Gasteiger partial charge < -0.3 is 25.0 Å². The molecule has 0 aliphatic carbocycles. The zero-order valence-corrected chi connectivity index (χ0v) is 16.1. The second-order valence-electron chi connectivity index (χ2n) is 7.65. The fourth-order valence-electron chi connectivity index (χ4n) is 4.24. The number of carbonyl (C=O) groups excluding carboxylic acids is 2. The summed E-state index contributed by atoms with van der Waals surface area (Å²) >= 11 is 0. The molecule has 0 bridgehead atoms. The van der Waals surface area contributed by atoms with E-state index in [1.54, 1.807) is 23.1 Å². The molecule has 29 heavy (non-hydrogen) atoms. The number of hydrogen-bond donors (Lipinski definition) is 2. The Kier molecular flexibility index (Phi) is 4.60. The van der Waals surface area contributed by atoms with E-state index in [1.165, 1.54) is 11.1 Å². The van der Waals surface area contributed by atoms with Crippen LogP contribution in [0.1, 0.15) is 39.9 Å². The zero-order chi connectivity index (χ0) is 19.8. The predicted molar refractivity (Wildman–Crippen MR) is 105 cm³/mol. The number of ether oxygens (including phenoxy) is 2. The molecule has 0 radical (unpaired) electrons. The van der Waals surface area contributed by atoms with Crippen molar-refractivity contribution in [2.75, 3.05) is 13.3 Å². The van der Waals surface area contributed by atoms with Gasteiger partial charge in [-0.15, -0.1) is 0 Å². The average molecular weight is 393 g/mol. The van der Waals surface area contributed by atoms with E-state index >= 15 is 0 Å². The lowest BCUT2D eigenvalue weighted by atomic mass is 10.1. The van der Waals surface area contributed by atoms with Gasteiger partial charge in [0.2, 0.25) is 12.7 Å². The van der Waals surface area contributed by atoms with E-state index in [1.807, 2.05) is 0 Å². The van der Waals surface area contributed by atoms with Crippen molar-refractivity contribution in [2.45, 2.75) is 38.5 Å². The lowest BCUT2D eigenvalue weighted by Gasteiger charge is -2.24. The Hall–Kier alpha value is -3.06. The van der Waals surface area contributed by atoms with Crippen LogP contribution >= 0.6 is 0 Å².